The van der Waals surface area contributed by atoms with Crippen LogP contribution < -0.4 is 4.72 Å². The fourth-order valence-corrected chi connectivity index (χ4v) is 5.28. The highest BCUT2D eigenvalue weighted by Crippen LogP contribution is 2.33. The Labute approximate surface area is 143 Å². The predicted molar refractivity (Wildman–Crippen MR) is 88.4 cm³/mol. The van der Waals surface area contributed by atoms with Crippen molar-refractivity contribution in [3.8, 4) is 0 Å². The third kappa shape index (κ3) is 4.75. The molecule has 20 heavy (non-hydrogen) atoms. The number of rotatable bonds is 6. The van der Waals surface area contributed by atoms with Crippen molar-refractivity contribution in [2.24, 2.45) is 5.92 Å². The van der Waals surface area contributed by atoms with Gasteiger partial charge in [-0.05, 0) is 24.5 Å². The Morgan fingerprint density at radius 2 is 1.75 bits per heavy atom. The predicted octanol–water partition coefficient (Wildman–Crippen LogP) is 4.69. The van der Waals surface area contributed by atoms with Gasteiger partial charge < -0.3 is 0 Å². The lowest BCUT2D eigenvalue weighted by Gasteiger charge is -2.22. The largest absolute Gasteiger partial charge is 0.243 e. The van der Waals surface area contributed by atoms with Crippen LogP contribution in [0.5, 0.6) is 0 Å². The Balaban J connectivity index is 3.17. The quantitative estimate of drug-likeness (QED) is 0.675. The van der Waals surface area contributed by atoms with Crippen molar-refractivity contribution in [2.75, 3.05) is 5.88 Å². The van der Waals surface area contributed by atoms with E-state index in [1.165, 1.54) is 12.1 Å². The lowest BCUT2D eigenvalue weighted by molar-refractivity contribution is 0.439. The third-order valence-electron chi connectivity index (χ3n) is 2.76. The number of benzene rings is 1. The van der Waals surface area contributed by atoms with Gasteiger partial charge in [0.25, 0.3) is 0 Å². The van der Waals surface area contributed by atoms with Crippen LogP contribution in [0.1, 0.15) is 20.3 Å². The molecule has 114 valence electrons. The first-order valence-electron chi connectivity index (χ1n) is 5.92. The van der Waals surface area contributed by atoms with Crippen LogP contribution in [-0.2, 0) is 10.0 Å². The molecule has 0 saturated heterocycles. The Bertz CT molecular complexity index is 555. The summed E-state index contributed by atoms with van der Waals surface area (Å²) in [4.78, 5) is -0.107. The van der Waals surface area contributed by atoms with Crippen molar-refractivity contribution in [2.45, 2.75) is 31.2 Å². The number of halogens is 4. The van der Waals surface area contributed by atoms with E-state index in [0.29, 0.717) is 16.8 Å². The number of hydrogen-bond donors (Lipinski definition) is 1. The molecule has 0 bridgehead atoms. The zero-order chi connectivity index (χ0) is 15.5. The molecule has 0 heterocycles. The Morgan fingerprint density at radius 3 is 2.15 bits per heavy atom. The first kappa shape index (κ1) is 18.5. The first-order valence-corrected chi connectivity index (χ1v) is 9.48. The molecular weight excluding hydrogens is 408 g/mol. The molecule has 1 atom stereocenters. The van der Waals surface area contributed by atoms with Crippen molar-refractivity contribution in [1.82, 2.24) is 4.72 Å². The molecule has 0 fully saturated rings. The molecule has 0 radical (unpaired) electrons. The molecule has 0 amide bonds. The van der Waals surface area contributed by atoms with Crippen molar-refractivity contribution in [3.63, 3.8) is 0 Å². The molecule has 0 saturated carbocycles. The van der Waals surface area contributed by atoms with Gasteiger partial charge in [0.05, 0.1) is 10.0 Å². The second-order valence-corrected chi connectivity index (χ2v) is 8.41. The molecule has 1 unspecified atom stereocenters. The van der Waals surface area contributed by atoms with Gasteiger partial charge >= 0.3 is 0 Å². The minimum atomic E-state index is -3.80. The fraction of sp³-hybridized carbons (Fsp3) is 0.500. The Morgan fingerprint density at radius 1 is 1.25 bits per heavy atom. The van der Waals surface area contributed by atoms with Gasteiger partial charge in [0.1, 0.15) is 4.90 Å². The first-order chi connectivity index (χ1) is 9.19. The van der Waals surface area contributed by atoms with Crippen LogP contribution in [0, 0.1) is 5.92 Å². The van der Waals surface area contributed by atoms with Crippen molar-refractivity contribution < 1.29 is 8.42 Å². The molecule has 0 aromatic heterocycles. The molecule has 0 aliphatic heterocycles. The highest BCUT2D eigenvalue weighted by Gasteiger charge is 2.26. The van der Waals surface area contributed by atoms with E-state index < -0.39 is 10.0 Å². The number of alkyl halides is 1. The van der Waals surface area contributed by atoms with Crippen LogP contribution in [0.25, 0.3) is 0 Å². The van der Waals surface area contributed by atoms with E-state index in [2.05, 4.69) is 20.7 Å². The average molecular weight is 424 g/mol. The summed E-state index contributed by atoms with van der Waals surface area (Å²) in [7, 11) is -3.80. The zero-order valence-corrected chi connectivity index (χ0v) is 15.6. The highest BCUT2D eigenvalue weighted by molar-refractivity contribution is 9.10. The van der Waals surface area contributed by atoms with E-state index in [1.54, 1.807) is 0 Å². The van der Waals surface area contributed by atoms with Gasteiger partial charge in [-0.15, -0.1) is 11.6 Å². The van der Waals surface area contributed by atoms with Gasteiger partial charge in [-0.1, -0.05) is 53.0 Å². The minimum absolute atomic E-state index is 0.0743. The number of nitrogens with one attached hydrogen (secondary N) is 1. The Kier molecular flexibility index (Phi) is 7.09. The summed E-state index contributed by atoms with van der Waals surface area (Å²) in [5.74, 6) is 0.476. The zero-order valence-electron chi connectivity index (χ0n) is 11.0. The molecule has 1 N–H and O–H groups in total. The van der Waals surface area contributed by atoms with Crippen molar-refractivity contribution in [1.29, 1.82) is 0 Å². The van der Waals surface area contributed by atoms with Gasteiger partial charge in [-0.3, -0.25) is 0 Å². The molecule has 8 heteroatoms. The average Bonchev–Trinajstić information content (AvgIpc) is 2.25. The van der Waals surface area contributed by atoms with E-state index in [9.17, 15) is 8.42 Å². The molecule has 1 aromatic carbocycles. The monoisotopic (exact) mass is 421 g/mol. The van der Waals surface area contributed by atoms with E-state index >= 15 is 0 Å². The van der Waals surface area contributed by atoms with Crippen molar-refractivity contribution in [3.05, 3.63) is 26.7 Å². The van der Waals surface area contributed by atoms with Crippen LogP contribution in [0.4, 0.5) is 0 Å². The summed E-state index contributed by atoms with van der Waals surface area (Å²) >= 11 is 20.9. The number of hydrogen-bond acceptors (Lipinski definition) is 2. The number of sulfonamides is 1. The maximum atomic E-state index is 12.4. The topological polar surface area (TPSA) is 46.2 Å². The maximum Gasteiger partial charge on any atom is 0.243 e. The molecule has 0 aliphatic rings. The SMILES string of the molecule is CC(C)C(CCCl)NS(=O)(=O)c1c(Cl)cc(Br)cc1Cl. The second kappa shape index (κ2) is 7.65. The van der Waals surface area contributed by atoms with Crippen LogP contribution in [-0.4, -0.2) is 20.3 Å². The summed E-state index contributed by atoms with van der Waals surface area (Å²) in [6, 6.07) is 2.72. The maximum absolute atomic E-state index is 12.4. The lowest BCUT2D eigenvalue weighted by atomic mass is 10.0. The summed E-state index contributed by atoms with van der Waals surface area (Å²) < 4.78 is 28.1. The highest BCUT2D eigenvalue weighted by atomic mass is 79.9. The summed E-state index contributed by atoms with van der Waals surface area (Å²) in [6.45, 7) is 3.84. The Hall–Kier alpha value is 0.480. The lowest BCUT2D eigenvalue weighted by Crippen LogP contribution is -2.39. The van der Waals surface area contributed by atoms with E-state index in [1.807, 2.05) is 13.8 Å². The van der Waals surface area contributed by atoms with E-state index in [-0.39, 0.29) is 26.9 Å². The van der Waals surface area contributed by atoms with Gasteiger partial charge in [0, 0.05) is 16.4 Å². The third-order valence-corrected chi connectivity index (χ3v) is 5.85. The smallest absolute Gasteiger partial charge is 0.208 e. The normalized spacial score (nSPS) is 13.8. The molecule has 1 aromatic rings. The standard InChI is InChI=1S/C12H15BrCl3NO2S/c1-7(2)11(3-4-14)17-20(18,19)12-9(15)5-8(13)6-10(12)16/h5-7,11,17H,3-4H2,1-2H3. The van der Waals surface area contributed by atoms with Crippen LogP contribution >= 0.6 is 50.7 Å². The van der Waals surface area contributed by atoms with E-state index in [4.69, 9.17) is 34.8 Å². The molecule has 1 rings (SSSR count). The van der Waals surface area contributed by atoms with Gasteiger partial charge in [-0.2, -0.15) is 0 Å². The van der Waals surface area contributed by atoms with Gasteiger partial charge in [0.2, 0.25) is 10.0 Å². The minimum Gasteiger partial charge on any atom is -0.208 e. The molecule has 3 nitrogen and oxygen atoms in total. The molecule has 0 spiro atoms. The van der Waals surface area contributed by atoms with Crippen LogP contribution in [0.15, 0.2) is 21.5 Å². The van der Waals surface area contributed by atoms with Crippen molar-refractivity contribution >= 4 is 60.8 Å². The van der Waals surface area contributed by atoms with Crippen LogP contribution in [0.2, 0.25) is 10.0 Å². The molecule has 0 aliphatic carbocycles. The van der Waals surface area contributed by atoms with Gasteiger partial charge in [0.15, 0.2) is 0 Å². The van der Waals surface area contributed by atoms with E-state index in [0.717, 1.165) is 0 Å². The summed E-state index contributed by atoms with van der Waals surface area (Å²) in [6.07, 6.45) is 0.532. The summed E-state index contributed by atoms with van der Waals surface area (Å²) in [5, 5.41) is 0.149. The fourth-order valence-electron chi connectivity index (χ4n) is 1.69. The van der Waals surface area contributed by atoms with Crippen LogP contribution in [0.3, 0.4) is 0 Å². The molecular formula is C12H15BrCl3NO2S. The summed E-state index contributed by atoms with van der Waals surface area (Å²) in [5.41, 5.74) is 0. The second-order valence-electron chi connectivity index (χ2n) is 4.65. The van der Waals surface area contributed by atoms with Gasteiger partial charge in [-0.25, -0.2) is 13.1 Å².